The minimum Gasteiger partial charge on any atom is -0.396 e. The highest BCUT2D eigenvalue weighted by atomic mass is 16.7. The molecule has 7 rings (SSSR count). The summed E-state index contributed by atoms with van der Waals surface area (Å²) in [6.07, 6.45) is -5.92. The van der Waals surface area contributed by atoms with Crippen LogP contribution in [-0.2, 0) is 23.7 Å². The van der Waals surface area contributed by atoms with Gasteiger partial charge in [-0.15, -0.1) is 0 Å². The second-order valence-corrected chi connectivity index (χ2v) is 21.2. The van der Waals surface area contributed by atoms with Crippen molar-refractivity contribution >= 4 is 0 Å². The fraction of sp³-hybridized carbons (Fsp3) is 0.953. The highest BCUT2D eigenvalue weighted by Gasteiger charge is 2.72. The fourth-order valence-electron chi connectivity index (χ4n) is 14.0. The first-order valence-corrected chi connectivity index (χ1v) is 21.2. The summed E-state index contributed by atoms with van der Waals surface area (Å²) in [5, 5.41) is 86.7. The molecule has 20 atom stereocenters. The third-order valence-electron chi connectivity index (χ3n) is 17.5. The normalized spacial score (nSPS) is 55.2. The Bertz CT molecular complexity index is 1470. The van der Waals surface area contributed by atoms with E-state index in [1.54, 1.807) is 6.92 Å². The molecule has 0 bridgehead atoms. The van der Waals surface area contributed by atoms with E-state index in [2.05, 4.69) is 54.5 Å². The van der Waals surface area contributed by atoms with Crippen molar-refractivity contribution in [1.82, 2.24) is 0 Å². The minimum absolute atomic E-state index is 0.0206. The number of rotatable bonds is 7. The van der Waals surface area contributed by atoms with Crippen LogP contribution in [0.4, 0.5) is 0 Å². The second-order valence-electron chi connectivity index (χ2n) is 21.2. The maximum Gasteiger partial charge on any atom is 0.187 e. The summed E-state index contributed by atoms with van der Waals surface area (Å²) in [4.78, 5) is 0. The SMILES string of the molecule is COC1C=C2C3CC(C)(C)CC[C@]3(CO)[C@@H](O)C[C@@]2(C)[C@]2(C)CCC3C(C)(C)[C@@H](O[C@@H]4O[C@H](C)[C@@H](O)[C@H](O[C@@H]5O[C@H](CO)[C@@H](O)[C@H](O)[C@H]5O)[C@H]4O)CC[C@]3(C)C12. The van der Waals surface area contributed by atoms with Gasteiger partial charge in [0.2, 0.25) is 0 Å². The van der Waals surface area contributed by atoms with E-state index in [-0.39, 0.29) is 63.6 Å². The molecular formula is C43H72O13. The summed E-state index contributed by atoms with van der Waals surface area (Å²) in [5.41, 5.74) is -0.117. The Morgan fingerprint density at radius 1 is 0.750 bits per heavy atom. The largest absolute Gasteiger partial charge is 0.396 e. The molecule has 2 aliphatic heterocycles. The smallest absolute Gasteiger partial charge is 0.187 e. The van der Waals surface area contributed by atoms with E-state index in [1.807, 2.05) is 7.11 Å². The second kappa shape index (κ2) is 14.7. The number of hydrogen-bond donors (Lipinski definition) is 8. The lowest BCUT2D eigenvalue weighted by Crippen LogP contribution is -2.69. The van der Waals surface area contributed by atoms with Crippen LogP contribution < -0.4 is 0 Å². The standard InChI is InChI=1S/C43H72O13/c1-21-29(47)34(56-36-32(50)31(49)30(48)25(19-44)54-36)33(51)37(53-21)55-28-11-12-40(6)26(39(28,4)5)10-13-41(7)35(40)24(52-9)16-22-23-17-38(2,3)14-15-43(23,20-45)27(46)18-42(22,41)8/h16,21,23-37,44-51H,10-15,17-20H2,1-9H3/t21-,23?,24?,25-,26?,27+,28+,29-,30-,31+,32-,33-,34+,35?,36+,37+,40+,41-,42-,43-/m1/s1. The van der Waals surface area contributed by atoms with Gasteiger partial charge in [-0.05, 0) is 97.2 Å². The molecule has 4 saturated carbocycles. The van der Waals surface area contributed by atoms with Crippen LogP contribution in [0.15, 0.2) is 11.6 Å². The predicted molar refractivity (Wildman–Crippen MR) is 204 cm³/mol. The summed E-state index contributed by atoms with van der Waals surface area (Å²) < 4.78 is 30.8. The Labute approximate surface area is 332 Å². The van der Waals surface area contributed by atoms with Crippen molar-refractivity contribution in [2.45, 2.75) is 186 Å². The Hall–Kier alpha value is -0.780. The number of aliphatic hydroxyl groups is 8. The molecule has 6 fully saturated rings. The number of allylic oxidation sites excluding steroid dienone is 1. The highest BCUT2D eigenvalue weighted by molar-refractivity contribution is 5.37. The number of aliphatic hydroxyl groups excluding tert-OH is 8. The summed E-state index contributed by atoms with van der Waals surface area (Å²) in [6.45, 7) is 17.3. The molecule has 2 heterocycles. The third-order valence-corrected chi connectivity index (χ3v) is 17.5. The maximum atomic E-state index is 12.1. The lowest BCUT2D eigenvalue weighted by Gasteiger charge is -2.73. The molecule has 56 heavy (non-hydrogen) atoms. The minimum atomic E-state index is -1.70. The molecule has 13 heteroatoms. The van der Waals surface area contributed by atoms with Crippen molar-refractivity contribution in [3.8, 4) is 0 Å². The Kier molecular flexibility index (Phi) is 11.4. The van der Waals surface area contributed by atoms with Gasteiger partial charge in [0.25, 0.3) is 0 Å². The zero-order valence-corrected chi connectivity index (χ0v) is 35.0. The van der Waals surface area contributed by atoms with Crippen LogP contribution in [-0.4, -0.2) is 141 Å². The van der Waals surface area contributed by atoms with E-state index in [0.29, 0.717) is 12.8 Å². The molecule has 0 aromatic carbocycles. The molecule has 322 valence electrons. The molecule has 0 aromatic heterocycles. The van der Waals surface area contributed by atoms with Crippen molar-refractivity contribution in [3.05, 3.63) is 11.6 Å². The van der Waals surface area contributed by atoms with Crippen LogP contribution in [0.3, 0.4) is 0 Å². The van der Waals surface area contributed by atoms with Crippen molar-refractivity contribution in [2.24, 2.45) is 50.2 Å². The van der Waals surface area contributed by atoms with E-state index >= 15 is 0 Å². The quantitative estimate of drug-likeness (QED) is 0.138. The molecule has 2 saturated heterocycles. The molecule has 0 amide bonds. The van der Waals surface area contributed by atoms with Crippen LogP contribution in [0.2, 0.25) is 0 Å². The van der Waals surface area contributed by atoms with E-state index in [0.717, 1.165) is 38.5 Å². The van der Waals surface area contributed by atoms with Gasteiger partial charge >= 0.3 is 0 Å². The van der Waals surface area contributed by atoms with E-state index in [4.69, 9.17) is 23.7 Å². The van der Waals surface area contributed by atoms with E-state index < -0.39 is 79.5 Å². The lowest BCUT2D eigenvalue weighted by atomic mass is 9.33. The van der Waals surface area contributed by atoms with Crippen LogP contribution in [0.5, 0.6) is 0 Å². The topological polar surface area (TPSA) is 208 Å². The van der Waals surface area contributed by atoms with Crippen molar-refractivity contribution in [2.75, 3.05) is 20.3 Å². The van der Waals surface area contributed by atoms with Crippen molar-refractivity contribution < 1.29 is 64.5 Å². The molecule has 4 unspecified atom stereocenters. The summed E-state index contributed by atoms with van der Waals surface area (Å²) in [6, 6.07) is 0. The Morgan fingerprint density at radius 3 is 2.07 bits per heavy atom. The number of fused-ring (bicyclic) bond motifs is 7. The predicted octanol–water partition coefficient (Wildman–Crippen LogP) is 2.41. The van der Waals surface area contributed by atoms with Gasteiger partial charge in [0.15, 0.2) is 12.6 Å². The number of hydrogen-bond acceptors (Lipinski definition) is 13. The highest BCUT2D eigenvalue weighted by Crippen LogP contribution is 2.76. The van der Waals surface area contributed by atoms with Gasteiger partial charge in [-0.25, -0.2) is 0 Å². The van der Waals surface area contributed by atoms with Gasteiger partial charge < -0.3 is 64.5 Å². The molecule has 0 spiro atoms. The van der Waals surface area contributed by atoms with Crippen LogP contribution in [0.1, 0.15) is 107 Å². The first-order chi connectivity index (χ1) is 26.1. The molecule has 7 aliphatic rings. The first kappa shape index (κ1) is 43.3. The van der Waals surface area contributed by atoms with Crippen LogP contribution in [0, 0.1) is 50.2 Å². The van der Waals surface area contributed by atoms with Gasteiger partial charge in [0, 0.05) is 18.4 Å². The summed E-state index contributed by atoms with van der Waals surface area (Å²) >= 11 is 0. The van der Waals surface area contributed by atoms with Gasteiger partial charge in [-0.3, -0.25) is 0 Å². The average Bonchev–Trinajstić information content (AvgIpc) is 3.13. The van der Waals surface area contributed by atoms with Gasteiger partial charge in [-0.2, -0.15) is 0 Å². The van der Waals surface area contributed by atoms with Crippen molar-refractivity contribution in [1.29, 1.82) is 0 Å². The maximum absolute atomic E-state index is 12.1. The van der Waals surface area contributed by atoms with Gasteiger partial charge in [-0.1, -0.05) is 60.1 Å². The third kappa shape index (κ3) is 6.26. The first-order valence-electron chi connectivity index (χ1n) is 21.2. The van der Waals surface area contributed by atoms with Crippen molar-refractivity contribution in [3.63, 3.8) is 0 Å². The molecule has 0 aromatic rings. The van der Waals surface area contributed by atoms with Crippen LogP contribution in [0.25, 0.3) is 0 Å². The van der Waals surface area contributed by atoms with Crippen LogP contribution >= 0.6 is 0 Å². The molecular weight excluding hydrogens is 724 g/mol. The Morgan fingerprint density at radius 2 is 1.43 bits per heavy atom. The molecule has 0 radical (unpaired) electrons. The number of ether oxygens (including phenoxy) is 5. The monoisotopic (exact) mass is 796 g/mol. The Balaban J connectivity index is 1.15. The average molecular weight is 797 g/mol. The van der Waals surface area contributed by atoms with E-state index in [1.165, 1.54) is 5.57 Å². The zero-order valence-electron chi connectivity index (χ0n) is 35.0. The molecule has 5 aliphatic carbocycles. The molecule has 8 N–H and O–H groups in total. The lowest BCUT2D eigenvalue weighted by molar-refractivity contribution is -0.367. The zero-order chi connectivity index (χ0) is 41.1. The van der Waals surface area contributed by atoms with E-state index in [9.17, 15) is 40.9 Å². The molecule has 13 nitrogen and oxygen atoms in total. The van der Waals surface area contributed by atoms with Gasteiger partial charge in [0.1, 0.15) is 42.7 Å². The fourth-order valence-corrected chi connectivity index (χ4v) is 14.0. The summed E-state index contributed by atoms with van der Waals surface area (Å²) in [5.74, 6) is 0.413. The number of methoxy groups -OCH3 is 1. The van der Waals surface area contributed by atoms with Gasteiger partial charge in [0.05, 0.1) is 37.6 Å². The summed E-state index contributed by atoms with van der Waals surface area (Å²) in [7, 11) is 1.82.